The number of hydrogen-bond acceptors (Lipinski definition) is 11. The number of aromatic nitrogens is 4. The predicted molar refractivity (Wildman–Crippen MR) is 445 cm³/mol. The van der Waals surface area contributed by atoms with Gasteiger partial charge in [0.05, 0.1) is 19.3 Å². The predicted octanol–water partition coefficient (Wildman–Crippen LogP) is 25.2. The second kappa shape index (κ2) is 43.6. The first-order valence-corrected chi connectivity index (χ1v) is 40.9. The summed E-state index contributed by atoms with van der Waals surface area (Å²) in [6, 6.07) is 57.3. The van der Waals surface area contributed by atoms with Crippen LogP contribution in [0.25, 0.3) is 33.4 Å². The molecule has 572 valence electrons. The summed E-state index contributed by atoms with van der Waals surface area (Å²) in [5.41, 5.74) is 15.4. The summed E-state index contributed by atoms with van der Waals surface area (Å²) in [7, 11) is 0. The molecule has 0 saturated heterocycles. The van der Waals surface area contributed by atoms with Crippen molar-refractivity contribution in [3.8, 4) is 73.6 Å². The van der Waals surface area contributed by atoms with Crippen LogP contribution in [0.1, 0.15) is 203 Å². The molecule has 0 amide bonds. The molecule has 0 spiro atoms. The summed E-state index contributed by atoms with van der Waals surface area (Å²) < 4.78 is 29.2. The van der Waals surface area contributed by atoms with Crippen LogP contribution in [0.4, 0.5) is 0 Å². The average molecular weight is 1450 g/mol. The minimum absolute atomic E-state index is 0.391. The summed E-state index contributed by atoms with van der Waals surface area (Å²) in [5, 5.41) is 3.24. The number of fused-ring (bicyclic) bond motifs is 5. The average Bonchev–Trinajstić information content (AvgIpc) is 0.713. The molecule has 107 heavy (non-hydrogen) atoms. The van der Waals surface area contributed by atoms with Crippen molar-refractivity contribution < 1.29 is 23.7 Å². The zero-order chi connectivity index (χ0) is 75.5. The first-order valence-electron chi connectivity index (χ1n) is 40.9. The summed E-state index contributed by atoms with van der Waals surface area (Å²) in [6.07, 6.45) is 42.1. The van der Waals surface area contributed by atoms with Gasteiger partial charge >= 0.3 is 0 Å². The van der Waals surface area contributed by atoms with Crippen molar-refractivity contribution in [2.75, 3.05) is 32.8 Å². The molecule has 0 aliphatic heterocycles. The third-order valence-electron chi connectivity index (χ3n) is 23.1. The van der Waals surface area contributed by atoms with E-state index in [1.165, 1.54) is 149 Å². The zero-order valence-corrected chi connectivity index (χ0v) is 66.6. The van der Waals surface area contributed by atoms with Crippen LogP contribution >= 0.6 is 0 Å². The molecule has 11 nitrogen and oxygen atoms in total. The fraction of sp³-hybridized carbons (Fsp3) is 0.479. The van der Waals surface area contributed by atoms with Crippen molar-refractivity contribution in [1.29, 1.82) is 0 Å². The Balaban J connectivity index is 0.000000166. The van der Waals surface area contributed by atoms with E-state index < -0.39 is 0 Å². The van der Waals surface area contributed by atoms with Gasteiger partial charge in [-0.3, -0.25) is 19.9 Å². The zero-order valence-electron chi connectivity index (χ0n) is 66.6. The van der Waals surface area contributed by atoms with Crippen LogP contribution < -0.4 is 34.7 Å². The Morgan fingerprint density at radius 1 is 0.439 bits per heavy atom. The van der Waals surface area contributed by atoms with Crippen LogP contribution in [-0.2, 0) is 6.42 Å². The van der Waals surface area contributed by atoms with Crippen LogP contribution in [0.2, 0.25) is 0 Å². The molecule has 0 bridgehead atoms. The number of aryl methyl sites for hydroxylation is 1. The van der Waals surface area contributed by atoms with Crippen molar-refractivity contribution in [3.63, 3.8) is 0 Å². The van der Waals surface area contributed by atoms with Crippen LogP contribution in [0, 0.1) is 51.8 Å². The largest absolute Gasteiger partial charge is 0.494 e. The normalized spacial score (nSPS) is 20.5. The topological polar surface area (TPSA) is 136 Å². The minimum atomic E-state index is 0.391. The summed E-state index contributed by atoms with van der Waals surface area (Å²) in [6.45, 7) is 28.7. The van der Waals surface area contributed by atoms with Gasteiger partial charge < -0.3 is 34.7 Å². The molecular formula is C96H128N6O5. The Bertz CT molecular complexity index is 3840. The molecule has 4 aromatic heterocycles. The van der Waals surface area contributed by atoms with E-state index in [9.17, 15) is 0 Å². The lowest BCUT2D eigenvalue weighted by Crippen LogP contribution is -2.58. The number of benzene rings is 5. The molecule has 0 unspecified atom stereocenters. The van der Waals surface area contributed by atoms with Gasteiger partial charge in [0.2, 0.25) is 0 Å². The molecule has 4 heterocycles. The number of unbranched alkanes of at least 4 members (excludes halogenated alkanes) is 5. The molecule has 4 fully saturated rings. The second-order valence-electron chi connectivity index (χ2n) is 31.8. The highest BCUT2D eigenvalue weighted by atomic mass is 16.5. The quantitative estimate of drug-likeness (QED) is 0.0434. The maximum absolute atomic E-state index is 6.43. The number of pyridine rings is 4. The number of nitrogens with two attached hydrogens (primary N) is 1. The van der Waals surface area contributed by atoms with Crippen molar-refractivity contribution in [2.24, 2.45) is 57.5 Å². The van der Waals surface area contributed by atoms with Crippen LogP contribution in [0.3, 0.4) is 0 Å². The van der Waals surface area contributed by atoms with E-state index in [1.807, 2.05) is 97.3 Å². The van der Waals surface area contributed by atoms with Gasteiger partial charge in [-0.2, -0.15) is 0 Å². The van der Waals surface area contributed by atoms with Crippen molar-refractivity contribution in [1.82, 2.24) is 25.3 Å². The lowest BCUT2D eigenvalue weighted by molar-refractivity contribution is -0.165. The third kappa shape index (κ3) is 25.4. The van der Waals surface area contributed by atoms with E-state index in [0.29, 0.717) is 22.3 Å². The maximum atomic E-state index is 6.43. The van der Waals surface area contributed by atoms with Crippen molar-refractivity contribution in [3.05, 3.63) is 225 Å². The highest BCUT2D eigenvalue weighted by Gasteiger charge is 2.60. The van der Waals surface area contributed by atoms with Crippen LogP contribution in [-0.4, -0.2) is 58.9 Å². The summed E-state index contributed by atoms with van der Waals surface area (Å²) in [4.78, 5) is 16.0. The Kier molecular flexibility index (Phi) is 33.7. The number of hydrogen-bond donors (Lipinski definition) is 2. The van der Waals surface area contributed by atoms with E-state index in [4.69, 9.17) is 29.4 Å². The first kappa shape index (κ1) is 82.7. The van der Waals surface area contributed by atoms with Gasteiger partial charge in [0.1, 0.15) is 40.2 Å². The number of ether oxygens (including phenoxy) is 5. The fourth-order valence-electron chi connectivity index (χ4n) is 18.0. The van der Waals surface area contributed by atoms with Gasteiger partial charge in [-0.25, -0.2) is 0 Å². The van der Waals surface area contributed by atoms with Gasteiger partial charge in [0.15, 0.2) is 0 Å². The van der Waals surface area contributed by atoms with Gasteiger partial charge in [0, 0.05) is 62.7 Å². The SMILES string of the molecule is CC(C)CC(C)(C)[C@H]1CCC[C@H]2[C@@H]3CC[C@H]4C[C@@H](Oc5ccncc5)CC[C@]4(C)[C@H]3CC[C@]12C.CCCCCCOc1ccc(-c2ccc(Oc3ccncc3)cc2)cc1.CCCCCNCCN.CCCOc1ccncc1.CCCc1ccc(-c2ccc(-c3ccc(Oc4ccncc4)cc3)cc2)cc1. The summed E-state index contributed by atoms with van der Waals surface area (Å²) in [5.74, 6) is 11.5. The van der Waals surface area contributed by atoms with E-state index in [0.717, 1.165) is 133 Å². The van der Waals surface area contributed by atoms with Crippen molar-refractivity contribution in [2.45, 2.75) is 210 Å². The van der Waals surface area contributed by atoms with E-state index >= 15 is 0 Å². The molecule has 0 radical (unpaired) electrons. The number of nitrogens with zero attached hydrogens (tertiary/aromatic N) is 4. The van der Waals surface area contributed by atoms with Gasteiger partial charge in [-0.05, 0) is 272 Å². The summed E-state index contributed by atoms with van der Waals surface area (Å²) >= 11 is 0. The molecule has 4 aliphatic carbocycles. The number of rotatable bonds is 29. The van der Waals surface area contributed by atoms with E-state index in [1.54, 1.807) is 37.2 Å². The monoisotopic (exact) mass is 1440 g/mol. The lowest BCUT2D eigenvalue weighted by atomic mass is 9.40. The third-order valence-corrected chi connectivity index (χ3v) is 23.1. The highest BCUT2D eigenvalue weighted by Crippen LogP contribution is 2.68. The van der Waals surface area contributed by atoms with Gasteiger partial charge in [-0.15, -0.1) is 0 Å². The van der Waals surface area contributed by atoms with E-state index in [2.05, 4.69) is 179 Å². The number of nitrogens with one attached hydrogen (secondary N) is 1. The Morgan fingerprint density at radius 3 is 1.37 bits per heavy atom. The molecule has 11 heteroatoms. The smallest absolute Gasteiger partial charge is 0.130 e. The first-order chi connectivity index (χ1) is 52.1. The highest BCUT2D eigenvalue weighted by molar-refractivity contribution is 5.71. The molecular weight excluding hydrogens is 1320 g/mol. The molecule has 4 aliphatic rings. The maximum Gasteiger partial charge on any atom is 0.130 e. The Labute approximate surface area is 644 Å². The van der Waals surface area contributed by atoms with E-state index in [-0.39, 0.29) is 0 Å². The Morgan fingerprint density at radius 2 is 0.879 bits per heavy atom. The molecule has 3 N–H and O–H groups in total. The Hall–Kier alpha value is -8.38. The van der Waals surface area contributed by atoms with Gasteiger partial charge in [0.25, 0.3) is 0 Å². The molecule has 5 aromatic carbocycles. The van der Waals surface area contributed by atoms with Crippen LogP contribution in [0.5, 0.6) is 40.2 Å². The second-order valence-corrected chi connectivity index (χ2v) is 31.8. The molecule has 13 rings (SSSR count). The molecule has 4 saturated carbocycles. The molecule has 9 aromatic rings. The molecule has 8 atom stereocenters. The standard InChI is InChI=1S/C32H51NO.C26H23NO.C23H25NO2.C8H11NO.C7H18N2/c1-22(2)21-30(3,4)29-9-7-8-27-26-11-10-23-20-25(34-24-14-18-33-19-15-24)12-16-31(23,5)28(26)13-17-32(27,29)6;1-2-3-20-4-6-21(7-5-20)22-8-10-23(11-9-22)24-12-14-25(15-13-24)28-26-16-18-27-19-17-26;1-2-3-4-5-18-25-21-10-6-19(7-11-21)20-8-12-22(13-9-20)26-23-14-16-24-17-15-23;1-2-7-10-8-3-5-9-6-4-8;1-2-3-4-6-9-7-5-8/h14-15,18-19,22-23,25-29H,7-13,16-17,20-21H2,1-6H3;4-19H,2-3H2,1H3;6-17H,2-5,18H2,1H3;3-6H,2,7H2,1H3;9H,2-8H2,1H3/t23-,25-,26-,27-,28-,29+,31-,32-;;;;/m0..../s1. The lowest BCUT2D eigenvalue weighted by Gasteiger charge is -2.65. The van der Waals surface area contributed by atoms with Crippen LogP contribution in [0.15, 0.2) is 219 Å². The minimum Gasteiger partial charge on any atom is -0.494 e. The van der Waals surface area contributed by atoms with Crippen molar-refractivity contribution >= 4 is 0 Å². The fourth-order valence-corrected chi connectivity index (χ4v) is 18.0. The van der Waals surface area contributed by atoms with Gasteiger partial charge in [-0.1, -0.05) is 199 Å².